The molecular formula is C27H36O2. The Bertz CT molecular complexity index is 823. The van der Waals surface area contributed by atoms with E-state index < -0.39 is 5.60 Å². The third kappa shape index (κ3) is 4.33. The summed E-state index contributed by atoms with van der Waals surface area (Å²) in [5.74, 6) is 0.222. The van der Waals surface area contributed by atoms with Gasteiger partial charge in [0.1, 0.15) is 0 Å². The number of rotatable bonds is 12. The predicted molar refractivity (Wildman–Crippen MR) is 121 cm³/mol. The molecular weight excluding hydrogens is 356 g/mol. The van der Waals surface area contributed by atoms with Crippen LogP contribution in [-0.2, 0) is 15.1 Å². The van der Waals surface area contributed by atoms with E-state index >= 15 is 0 Å². The molecule has 0 N–H and O–H groups in total. The van der Waals surface area contributed by atoms with Gasteiger partial charge in [-0.3, -0.25) is 4.79 Å². The van der Waals surface area contributed by atoms with Crippen molar-refractivity contribution in [2.45, 2.75) is 84.2 Å². The second kappa shape index (κ2) is 10.2. The summed E-state index contributed by atoms with van der Waals surface area (Å²) in [7, 11) is 0. The Hall–Kier alpha value is -1.93. The van der Waals surface area contributed by atoms with Crippen LogP contribution in [0.2, 0.25) is 0 Å². The van der Waals surface area contributed by atoms with Gasteiger partial charge in [-0.25, -0.2) is 0 Å². The zero-order valence-electron chi connectivity index (χ0n) is 18.4. The summed E-state index contributed by atoms with van der Waals surface area (Å²) in [6.45, 7) is 7.04. The molecule has 0 spiro atoms. The number of carbonyl (C=O) groups is 1. The summed E-state index contributed by atoms with van der Waals surface area (Å²) < 4.78 is 6.50. The Balaban J connectivity index is 1.86. The van der Waals surface area contributed by atoms with E-state index in [0.717, 1.165) is 47.1 Å². The number of fused-ring (bicyclic) bond motifs is 3. The van der Waals surface area contributed by atoms with Crippen LogP contribution in [0.15, 0.2) is 42.5 Å². The van der Waals surface area contributed by atoms with E-state index in [4.69, 9.17) is 4.74 Å². The average molecular weight is 393 g/mol. The number of hydrogen-bond acceptors (Lipinski definition) is 2. The minimum atomic E-state index is -0.935. The molecule has 0 saturated carbocycles. The van der Waals surface area contributed by atoms with E-state index in [0.29, 0.717) is 13.0 Å². The maximum atomic E-state index is 13.8. The summed E-state index contributed by atoms with van der Waals surface area (Å²) in [5, 5.41) is 0. The van der Waals surface area contributed by atoms with Crippen LogP contribution < -0.4 is 0 Å². The third-order valence-electron chi connectivity index (χ3n) is 6.14. The van der Waals surface area contributed by atoms with Gasteiger partial charge in [-0.15, -0.1) is 0 Å². The molecule has 1 atom stereocenters. The number of aryl methyl sites for hydroxylation is 1. The molecule has 3 rings (SSSR count). The van der Waals surface area contributed by atoms with E-state index in [-0.39, 0.29) is 5.78 Å². The highest BCUT2D eigenvalue weighted by Crippen LogP contribution is 2.52. The Kier molecular flexibility index (Phi) is 7.66. The zero-order valence-corrected chi connectivity index (χ0v) is 18.4. The van der Waals surface area contributed by atoms with Crippen LogP contribution in [0.25, 0.3) is 11.1 Å². The molecule has 2 nitrogen and oxygen atoms in total. The average Bonchev–Trinajstić information content (AvgIpc) is 3.04. The highest BCUT2D eigenvalue weighted by atomic mass is 16.5. The molecule has 2 aromatic carbocycles. The van der Waals surface area contributed by atoms with Crippen LogP contribution in [-0.4, -0.2) is 12.4 Å². The first kappa shape index (κ1) is 21.8. The largest absolute Gasteiger partial charge is 0.358 e. The minimum Gasteiger partial charge on any atom is -0.358 e. The first-order valence-corrected chi connectivity index (χ1v) is 11.5. The number of carbonyl (C=O) groups excluding carboxylic acids is 1. The molecule has 0 aliphatic heterocycles. The lowest BCUT2D eigenvalue weighted by Gasteiger charge is -2.32. The molecule has 2 aromatic rings. The third-order valence-corrected chi connectivity index (χ3v) is 6.14. The van der Waals surface area contributed by atoms with Crippen LogP contribution >= 0.6 is 0 Å². The summed E-state index contributed by atoms with van der Waals surface area (Å²) in [5.41, 5.74) is 4.62. The molecule has 29 heavy (non-hydrogen) atoms. The highest BCUT2D eigenvalue weighted by Gasteiger charge is 2.50. The van der Waals surface area contributed by atoms with Crippen molar-refractivity contribution in [1.29, 1.82) is 0 Å². The van der Waals surface area contributed by atoms with Gasteiger partial charge in [-0.05, 0) is 36.5 Å². The second-order valence-electron chi connectivity index (χ2n) is 8.37. The molecule has 0 radical (unpaired) electrons. The lowest BCUT2D eigenvalue weighted by molar-refractivity contribution is -0.140. The molecule has 1 aliphatic rings. The number of unbranched alkanes of at least 4 members (excludes halogenated alkanes) is 6. The topological polar surface area (TPSA) is 26.3 Å². The summed E-state index contributed by atoms with van der Waals surface area (Å²) in [6.07, 6.45) is 9.97. The molecule has 2 heteroatoms. The van der Waals surface area contributed by atoms with Crippen LogP contribution in [0, 0.1) is 6.92 Å². The number of ether oxygens (including phenoxy) is 1. The number of Topliss-reactive ketones (excluding diaryl/α,β-unsaturated/α-hetero) is 1. The van der Waals surface area contributed by atoms with Gasteiger partial charge in [-0.1, -0.05) is 94.8 Å². The van der Waals surface area contributed by atoms with Crippen molar-refractivity contribution in [2.24, 2.45) is 0 Å². The molecule has 1 aliphatic carbocycles. The number of benzene rings is 2. The van der Waals surface area contributed by atoms with Crippen molar-refractivity contribution in [1.82, 2.24) is 0 Å². The first-order chi connectivity index (χ1) is 14.2. The molecule has 0 bridgehead atoms. The Labute approximate surface area is 176 Å². The summed E-state index contributed by atoms with van der Waals surface area (Å²) in [4.78, 5) is 13.8. The Morgan fingerprint density at radius 3 is 2.28 bits per heavy atom. The van der Waals surface area contributed by atoms with Crippen molar-refractivity contribution < 1.29 is 9.53 Å². The summed E-state index contributed by atoms with van der Waals surface area (Å²) in [6, 6.07) is 14.6. The quantitative estimate of drug-likeness (QED) is 0.353. The maximum Gasteiger partial charge on any atom is 0.177 e. The fourth-order valence-electron chi connectivity index (χ4n) is 4.71. The van der Waals surface area contributed by atoms with Crippen molar-refractivity contribution in [2.75, 3.05) is 6.61 Å². The van der Waals surface area contributed by atoms with Crippen molar-refractivity contribution >= 4 is 5.78 Å². The maximum absolute atomic E-state index is 13.8. The molecule has 0 saturated heterocycles. The molecule has 156 valence electrons. The lowest BCUT2D eigenvalue weighted by atomic mass is 9.82. The fourth-order valence-corrected chi connectivity index (χ4v) is 4.71. The van der Waals surface area contributed by atoms with Gasteiger partial charge >= 0.3 is 0 Å². The second-order valence-corrected chi connectivity index (χ2v) is 8.37. The van der Waals surface area contributed by atoms with E-state index in [1.54, 1.807) is 0 Å². The smallest absolute Gasteiger partial charge is 0.177 e. The Morgan fingerprint density at radius 2 is 1.52 bits per heavy atom. The normalized spacial score (nSPS) is 17.2. The van der Waals surface area contributed by atoms with Gasteiger partial charge in [0.2, 0.25) is 0 Å². The first-order valence-electron chi connectivity index (χ1n) is 11.5. The zero-order chi connectivity index (χ0) is 20.7. The highest BCUT2D eigenvalue weighted by molar-refractivity contribution is 6.00. The van der Waals surface area contributed by atoms with Gasteiger partial charge in [0.15, 0.2) is 11.4 Å². The van der Waals surface area contributed by atoms with E-state index in [9.17, 15) is 4.79 Å². The molecule has 0 amide bonds. The molecule has 1 unspecified atom stereocenters. The van der Waals surface area contributed by atoms with Crippen LogP contribution in [0.1, 0.15) is 88.3 Å². The molecule has 0 aromatic heterocycles. The number of hydrogen-bond donors (Lipinski definition) is 0. The van der Waals surface area contributed by atoms with Gasteiger partial charge in [0, 0.05) is 24.2 Å². The Morgan fingerprint density at radius 1 is 0.828 bits per heavy atom. The van der Waals surface area contributed by atoms with Gasteiger partial charge < -0.3 is 4.74 Å². The number of ketones is 1. The van der Waals surface area contributed by atoms with Crippen molar-refractivity contribution in [3.63, 3.8) is 0 Å². The van der Waals surface area contributed by atoms with Crippen LogP contribution in [0.5, 0.6) is 0 Å². The van der Waals surface area contributed by atoms with Gasteiger partial charge in [0.25, 0.3) is 0 Å². The van der Waals surface area contributed by atoms with E-state index in [2.05, 4.69) is 57.2 Å². The van der Waals surface area contributed by atoms with Crippen molar-refractivity contribution in [3.05, 3.63) is 59.2 Å². The fraction of sp³-hybridized carbons (Fsp3) is 0.519. The minimum absolute atomic E-state index is 0.222. The van der Waals surface area contributed by atoms with Gasteiger partial charge in [0.05, 0.1) is 0 Å². The van der Waals surface area contributed by atoms with Crippen LogP contribution in [0.4, 0.5) is 0 Å². The SMILES string of the molecule is CCCCCCCCCC(=O)C1(OCCC)c2ccccc2-c2cccc(C)c21. The van der Waals surface area contributed by atoms with E-state index in [1.165, 1.54) is 32.1 Å². The standard InChI is InChI=1S/C27H36O2/c1-4-6-7-8-9-10-11-19-25(28)27(29-20-5-2)24-18-13-12-16-22(24)23-17-14-15-21(3)26(23)27/h12-18H,4-11,19-20H2,1-3H3. The predicted octanol–water partition coefficient (Wildman–Crippen LogP) is 7.36. The van der Waals surface area contributed by atoms with E-state index in [1.807, 2.05) is 6.07 Å². The molecule has 0 fully saturated rings. The van der Waals surface area contributed by atoms with Gasteiger partial charge in [-0.2, -0.15) is 0 Å². The lowest BCUT2D eigenvalue weighted by Crippen LogP contribution is -2.39. The molecule has 0 heterocycles. The monoisotopic (exact) mass is 392 g/mol. The summed E-state index contributed by atoms with van der Waals surface area (Å²) >= 11 is 0. The van der Waals surface area contributed by atoms with Crippen LogP contribution in [0.3, 0.4) is 0 Å². The van der Waals surface area contributed by atoms with Crippen molar-refractivity contribution in [3.8, 4) is 11.1 Å².